The minimum absolute atomic E-state index is 0.300. The maximum Gasteiger partial charge on any atom is 0.335 e. The van der Waals surface area contributed by atoms with E-state index in [2.05, 4.69) is 15.9 Å². The lowest BCUT2D eigenvalue weighted by Gasteiger charge is -2.12. The van der Waals surface area contributed by atoms with E-state index in [0.29, 0.717) is 18.4 Å². The molecule has 2 aromatic rings. The number of rotatable bonds is 5. The van der Waals surface area contributed by atoms with Gasteiger partial charge in [-0.15, -0.1) is 0 Å². The van der Waals surface area contributed by atoms with Gasteiger partial charge in [-0.1, -0.05) is 46.3 Å². The first-order valence-corrected chi connectivity index (χ1v) is 7.12. The highest BCUT2D eigenvalue weighted by Gasteiger charge is 2.12. The molecule has 0 amide bonds. The molecule has 0 aromatic heterocycles. The first-order valence-electron chi connectivity index (χ1n) is 6.32. The summed E-state index contributed by atoms with van der Waals surface area (Å²) in [6.45, 7) is 0. The Hall–Kier alpha value is -1.65. The topological polar surface area (TPSA) is 57.5 Å². The van der Waals surface area contributed by atoms with Gasteiger partial charge in [0.2, 0.25) is 0 Å². The molecule has 2 rings (SSSR count). The molecule has 0 bridgehead atoms. The van der Waals surface area contributed by atoms with Gasteiger partial charge in [-0.3, -0.25) is 0 Å². The molecule has 20 heavy (non-hydrogen) atoms. The molecule has 3 nitrogen and oxygen atoms in total. The average Bonchev–Trinajstić information content (AvgIpc) is 2.45. The van der Waals surface area contributed by atoms with Crippen LogP contribution in [0.2, 0.25) is 0 Å². The Bertz CT molecular complexity index is 610. The number of carbonyl (C=O) groups is 1. The minimum atomic E-state index is -0.933. The van der Waals surface area contributed by atoms with Crippen LogP contribution in [-0.2, 0) is 6.42 Å². The maximum absolute atomic E-state index is 11.1. The fourth-order valence-electron chi connectivity index (χ4n) is 2.12. The Morgan fingerprint density at radius 2 is 1.90 bits per heavy atom. The van der Waals surface area contributed by atoms with Crippen molar-refractivity contribution in [2.45, 2.75) is 18.9 Å². The van der Waals surface area contributed by atoms with Crippen molar-refractivity contribution < 1.29 is 15.0 Å². The number of halogens is 1. The molecular formula is C16H15BrO3. The highest BCUT2D eigenvalue weighted by Crippen LogP contribution is 2.23. The van der Waals surface area contributed by atoms with E-state index in [4.69, 9.17) is 5.11 Å². The van der Waals surface area contributed by atoms with E-state index in [1.807, 2.05) is 30.3 Å². The van der Waals surface area contributed by atoms with Crippen LogP contribution in [0.4, 0.5) is 0 Å². The van der Waals surface area contributed by atoms with Crippen LogP contribution >= 0.6 is 15.9 Å². The van der Waals surface area contributed by atoms with Gasteiger partial charge in [0.15, 0.2) is 0 Å². The van der Waals surface area contributed by atoms with Gasteiger partial charge in [0.1, 0.15) is 0 Å². The molecule has 0 heterocycles. The van der Waals surface area contributed by atoms with Crippen LogP contribution in [0.1, 0.15) is 34.0 Å². The summed E-state index contributed by atoms with van der Waals surface area (Å²) in [5.41, 5.74) is 1.87. The Kier molecular flexibility index (Phi) is 4.93. The highest BCUT2D eigenvalue weighted by molar-refractivity contribution is 9.10. The number of aliphatic hydroxyl groups excluding tert-OH is 1. The predicted octanol–water partition coefficient (Wildman–Crippen LogP) is 3.81. The average molecular weight is 335 g/mol. The molecule has 0 spiro atoms. The quantitative estimate of drug-likeness (QED) is 0.873. The van der Waals surface area contributed by atoms with Crippen molar-refractivity contribution in [1.82, 2.24) is 0 Å². The second-order valence-corrected chi connectivity index (χ2v) is 5.49. The van der Waals surface area contributed by atoms with Crippen LogP contribution in [0.15, 0.2) is 53.0 Å². The van der Waals surface area contributed by atoms with Gasteiger partial charge in [-0.25, -0.2) is 4.79 Å². The van der Waals surface area contributed by atoms with Crippen LogP contribution in [0.25, 0.3) is 0 Å². The first-order chi connectivity index (χ1) is 9.58. The number of aryl methyl sites for hydroxylation is 1. The Balaban J connectivity index is 2.07. The van der Waals surface area contributed by atoms with Crippen LogP contribution in [0, 0.1) is 0 Å². The molecule has 2 aromatic carbocycles. The van der Waals surface area contributed by atoms with Gasteiger partial charge in [-0.05, 0) is 42.2 Å². The van der Waals surface area contributed by atoms with Gasteiger partial charge in [-0.2, -0.15) is 0 Å². The van der Waals surface area contributed by atoms with Crippen molar-refractivity contribution in [2.75, 3.05) is 0 Å². The summed E-state index contributed by atoms with van der Waals surface area (Å²) in [6, 6.07) is 14.4. The Morgan fingerprint density at radius 1 is 1.15 bits per heavy atom. The molecule has 4 heteroatoms. The number of benzene rings is 2. The van der Waals surface area contributed by atoms with Gasteiger partial charge < -0.3 is 10.2 Å². The molecule has 0 aliphatic carbocycles. The highest BCUT2D eigenvalue weighted by atomic mass is 79.9. The van der Waals surface area contributed by atoms with E-state index in [1.54, 1.807) is 18.2 Å². The molecule has 1 atom stereocenters. The number of hydrogen-bond acceptors (Lipinski definition) is 2. The van der Waals surface area contributed by atoms with Gasteiger partial charge >= 0.3 is 5.97 Å². The first kappa shape index (κ1) is 14.8. The van der Waals surface area contributed by atoms with E-state index in [1.165, 1.54) is 0 Å². The maximum atomic E-state index is 11.1. The molecule has 0 saturated carbocycles. The van der Waals surface area contributed by atoms with E-state index in [0.717, 1.165) is 15.6 Å². The third kappa shape index (κ3) is 3.68. The molecule has 2 N–H and O–H groups in total. The van der Waals surface area contributed by atoms with Crippen LogP contribution in [-0.4, -0.2) is 16.2 Å². The summed E-state index contributed by atoms with van der Waals surface area (Å²) in [5.74, 6) is -0.933. The fourth-order valence-corrected chi connectivity index (χ4v) is 2.54. The summed E-state index contributed by atoms with van der Waals surface area (Å²) >= 11 is 3.37. The van der Waals surface area contributed by atoms with Crippen molar-refractivity contribution in [2.24, 2.45) is 0 Å². The van der Waals surface area contributed by atoms with Gasteiger partial charge in [0.25, 0.3) is 0 Å². The molecular weight excluding hydrogens is 320 g/mol. The van der Waals surface area contributed by atoms with E-state index in [9.17, 15) is 9.90 Å². The number of carboxylic acid groups (broad SMARTS) is 1. The van der Waals surface area contributed by atoms with E-state index in [-0.39, 0.29) is 0 Å². The minimum Gasteiger partial charge on any atom is -0.478 e. The molecule has 0 saturated heterocycles. The smallest absolute Gasteiger partial charge is 0.335 e. The van der Waals surface area contributed by atoms with Crippen molar-refractivity contribution in [3.05, 3.63) is 69.7 Å². The summed E-state index contributed by atoms with van der Waals surface area (Å²) in [4.78, 5) is 11.1. The molecule has 104 valence electrons. The molecule has 0 aliphatic heterocycles. The van der Waals surface area contributed by atoms with Crippen LogP contribution < -0.4 is 0 Å². The normalized spacial score (nSPS) is 12.1. The predicted molar refractivity (Wildman–Crippen MR) is 80.8 cm³/mol. The third-order valence-corrected chi connectivity index (χ3v) is 3.66. The number of aliphatic hydroxyl groups is 1. The second kappa shape index (κ2) is 6.68. The summed E-state index contributed by atoms with van der Waals surface area (Å²) in [7, 11) is 0. The molecule has 0 aliphatic rings. The third-order valence-electron chi connectivity index (χ3n) is 3.17. The Morgan fingerprint density at radius 3 is 2.60 bits per heavy atom. The molecule has 0 radical (unpaired) electrons. The zero-order valence-electron chi connectivity index (χ0n) is 10.8. The van der Waals surface area contributed by atoms with Crippen LogP contribution in [0.3, 0.4) is 0 Å². The molecule has 1 unspecified atom stereocenters. The standard InChI is InChI=1S/C16H15BrO3/c17-13-6-3-5-12(10-13)15(18)9-8-11-4-1-2-7-14(11)16(19)20/h1-7,10,15,18H,8-9H2,(H,19,20). The SMILES string of the molecule is O=C(O)c1ccccc1CCC(O)c1cccc(Br)c1. The van der Waals surface area contributed by atoms with Gasteiger partial charge in [0.05, 0.1) is 11.7 Å². The van der Waals surface area contributed by atoms with E-state index >= 15 is 0 Å². The zero-order chi connectivity index (χ0) is 14.5. The lowest BCUT2D eigenvalue weighted by atomic mass is 9.98. The zero-order valence-corrected chi connectivity index (χ0v) is 12.4. The molecule has 0 fully saturated rings. The van der Waals surface area contributed by atoms with E-state index < -0.39 is 12.1 Å². The monoisotopic (exact) mass is 334 g/mol. The van der Waals surface area contributed by atoms with Crippen molar-refractivity contribution in [1.29, 1.82) is 0 Å². The second-order valence-electron chi connectivity index (χ2n) is 4.57. The number of hydrogen-bond donors (Lipinski definition) is 2. The van der Waals surface area contributed by atoms with Crippen molar-refractivity contribution in [3.8, 4) is 0 Å². The van der Waals surface area contributed by atoms with Crippen molar-refractivity contribution >= 4 is 21.9 Å². The number of aromatic carboxylic acids is 1. The lowest BCUT2D eigenvalue weighted by Crippen LogP contribution is -2.05. The number of carboxylic acids is 1. The van der Waals surface area contributed by atoms with Crippen molar-refractivity contribution in [3.63, 3.8) is 0 Å². The van der Waals surface area contributed by atoms with Crippen LogP contribution in [0.5, 0.6) is 0 Å². The summed E-state index contributed by atoms with van der Waals surface area (Å²) < 4.78 is 0.917. The van der Waals surface area contributed by atoms with Gasteiger partial charge in [0, 0.05) is 4.47 Å². The Labute approximate surface area is 126 Å². The summed E-state index contributed by atoms with van der Waals surface area (Å²) in [6.07, 6.45) is 0.408. The fraction of sp³-hybridized carbons (Fsp3) is 0.188. The lowest BCUT2D eigenvalue weighted by molar-refractivity contribution is 0.0695. The summed E-state index contributed by atoms with van der Waals surface area (Å²) in [5, 5.41) is 19.3. The largest absolute Gasteiger partial charge is 0.478 e.